The molecule has 0 bridgehead atoms. The van der Waals surface area contributed by atoms with E-state index in [4.69, 9.17) is 9.52 Å². The fourth-order valence-electron chi connectivity index (χ4n) is 3.28. The number of halogens is 1. The van der Waals surface area contributed by atoms with Gasteiger partial charge in [0.2, 0.25) is 0 Å². The number of hydrogen-bond donors (Lipinski definition) is 2. The zero-order valence-electron chi connectivity index (χ0n) is 17.6. The normalized spacial score (nSPS) is 14.9. The highest BCUT2D eigenvalue weighted by molar-refractivity contribution is 14.0. The minimum Gasteiger partial charge on any atom is -0.364 e. The Morgan fingerprint density at radius 2 is 1.77 bits per heavy atom. The number of aliphatic imine (C=N–C) groups is 1. The van der Waals surface area contributed by atoms with Crippen LogP contribution < -0.4 is 10.6 Å². The molecule has 2 N–H and O–H groups in total. The van der Waals surface area contributed by atoms with Crippen LogP contribution >= 0.6 is 24.0 Å². The number of hydrogen-bond acceptors (Lipinski definition) is 5. The highest BCUT2D eigenvalue weighted by Gasteiger charge is 2.20. The first-order valence-electron chi connectivity index (χ1n) is 10.2. The van der Waals surface area contributed by atoms with E-state index in [1.807, 2.05) is 37.3 Å². The Balaban J connectivity index is 0.00000320. The summed E-state index contributed by atoms with van der Waals surface area (Å²) in [7, 11) is 0. The summed E-state index contributed by atoms with van der Waals surface area (Å²) in [5.74, 6) is 0.890. The number of guanidine groups is 1. The van der Waals surface area contributed by atoms with Crippen LogP contribution in [0.15, 0.2) is 46.1 Å². The van der Waals surface area contributed by atoms with Crippen molar-refractivity contribution in [1.82, 2.24) is 25.6 Å². The molecule has 9 heteroatoms. The first-order valence-corrected chi connectivity index (χ1v) is 10.2. The minimum absolute atomic E-state index is 0. The number of nitrogens with zero attached hydrogens (tertiary/aromatic N) is 4. The van der Waals surface area contributed by atoms with Crippen molar-refractivity contribution in [3.63, 3.8) is 0 Å². The van der Waals surface area contributed by atoms with Gasteiger partial charge >= 0.3 is 0 Å². The maximum Gasteiger partial charge on any atom is 0.251 e. The fourth-order valence-corrected chi connectivity index (χ4v) is 3.28. The van der Waals surface area contributed by atoms with Crippen LogP contribution in [0, 0.1) is 0 Å². The van der Waals surface area contributed by atoms with Crippen molar-refractivity contribution in [3.8, 4) is 0 Å². The molecule has 0 radical (unpaired) electrons. The van der Waals surface area contributed by atoms with Crippen molar-refractivity contribution >= 4 is 35.8 Å². The summed E-state index contributed by atoms with van der Waals surface area (Å²) in [6, 6.07) is 9.55. The molecule has 1 saturated heterocycles. The predicted molar refractivity (Wildman–Crippen MR) is 128 cm³/mol. The topological polar surface area (TPSA) is 86.0 Å². The number of aromatic nitrogens is 1. The summed E-state index contributed by atoms with van der Waals surface area (Å²) in [5.41, 5.74) is 2.72. The van der Waals surface area contributed by atoms with E-state index in [0.29, 0.717) is 18.7 Å². The lowest BCUT2D eigenvalue weighted by Gasteiger charge is -2.36. The quantitative estimate of drug-likeness (QED) is 0.328. The van der Waals surface area contributed by atoms with Gasteiger partial charge in [-0.05, 0) is 31.5 Å². The highest BCUT2D eigenvalue weighted by atomic mass is 127. The highest BCUT2D eigenvalue weighted by Crippen LogP contribution is 2.09. The monoisotopic (exact) mass is 526 g/mol. The van der Waals surface area contributed by atoms with E-state index in [0.717, 1.165) is 56.5 Å². The van der Waals surface area contributed by atoms with Crippen LogP contribution in [0.1, 0.15) is 35.5 Å². The van der Waals surface area contributed by atoms with E-state index in [-0.39, 0.29) is 29.9 Å². The molecule has 2 heterocycles. The molecule has 30 heavy (non-hydrogen) atoms. The van der Waals surface area contributed by atoms with Crippen LogP contribution in [0.4, 0.5) is 0 Å². The Bertz CT molecular complexity index is 786. The van der Waals surface area contributed by atoms with Gasteiger partial charge < -0.3 is 20.1 Å². The minimum atomic E-state index is -0.0422. The van der Waals surface area contributed by atoms with Crippen molar-refractivity contribution in [2.75, 3.05) is 39.3 Å². The fraction of sp³-hybridized carbons (Fsp3) is 0.476. The van der Waals surface area contributed by atoms with Crippen molar-refractivity contribution in [2.24, 2.45) is 4.99 Å². The second-order valence-corrected chi connectivity index (χ2v) is 6.98. The van der Waals surface area contributed by atoms with Crippen molar-refractivity contribution < 1.29 is 9.32 Å². The lowest BCUT2D eigenvalue weighted by atomic mass is 10.1. The van der Waals surface area contributed by atoms with Gasteiger partial charge in [-0.15, -0.1) is 24.0 Å². The first-order chi connectivity index (χ1) is 14.2. The van der Waals surface area contributed by atoms with Gasteiger partial charge in [0, 0.05) is 57.4 Å². The number of piperazine rings is 1. The number of amides is 1. The molecule has 1 aromatic carbocycles. The number of carbonyl (C=O) groups excluding carboxylic acids is 1. The Kier molecular flexibility index (Phi) is 10.1. The largest absolute Gasteiger partial charge is 0.364 e. The number of benzene rings is 1. The third kappa shape index (κ3) is 6.98. The van der Waals surface area contributed by atoms with Gasteiger partial charge in [-0.3, -0.25) is 9.69 Å². The van der Waals surface area contributed by atoms with Gasteiger partial charge in [0.25, 0.3) is 5.91 Å². The van der Waals surface area contributed by atoms with Crippen LogP contribution in [0.5, 0.6) is 0 Å². The standard InChI is InChI=1S/C21H30N6O2.HI/c1-3-22-20(28)18-7-5-17(6-8-18)15-24-21(23-4-2)27-12-10-26(11-13-27)16-19-9-14-29-25-19;/h5-9,14H,3-4,10-13,15-16H2,1-2H3,(H,22,28)(H,23,24);1H. The molecule has 1 aliphatic rings. The number of nitrogens with one attached hydrogen (secondary N) is 2. The van der Waals surface area contributed by atoms with E-state index in [9.17, 15) is 4.79 Å². The van der Waals surface area contributed by atoms with Crippen LogP contribution in [-0.2, 0) is 13.1 Å². The summed E-state index contributed by atoms with van der Waals surface area (Å²) in [6.45, 7) is 10.6. The Labute approximate surface area is 195 Å². The zero-order valence-corrected chi connectivity index (χ0v) is 20.0. The summed E-state index contributed by atoms with van der Waals surface area (Å²) in [5, 5.41) is 10.2. The molecule has 0 saturated carbocycles. The molecule has 1 amide bonds. The molecule has 1 aliphatic heterocycles. The van der Waals surface area contributed by atoms with E-state index < -0.39 is 0 Å². The summed E-state index contributed by atoms with van der Waals surface area (Å²) in [6.07, 6.45) is 1.62. The Morgan fingerprint density at radius 1 is 1.07 bits per heavy atom. The van der Waals surface area contributed by atoms with E-state index in [2.05, 4.69) is 32.5 Å². The van der Waals surface area contributed by atoms with Crippen LogP contribution in [0.25, 0.3) is 0 Å². The third-order valence-corrected chi connectivity index (χ3v) is 4.85. The molecule has 0 spiro atoms. The second-order valence-electron chi connectivity index (χ2n) is 6.98. The molecule has 1 fully saturated rings. The predicted octanol–water partition coefficient (Wildman–Crippen LogP) is 2.33. The van der Waals surface area contributed by atoms with Crippen molar-refractivity contribution in [1.29, 1.82) is 0 Å². The summed E-state index contributed by atoms with van der Waals surface area (Å²) < 4.78 is 4.92. The van der Waals surface area contributed by atoms with E-state index in [1.54, 1.807) is 6.26 Å². The SMILES string of the molecule is CCNC(=O)c1ccc(CN=C(NCC)N2CCN(Cc3ccon3)CC2)cc1.I. The first kappa shape index (κ1) is 24.1. The Morgan fingerprint density at radius 3 is 2.37 bits per heavy atom. The number of rotatable bonds is 7. The van der Waals surface area contributed by atoms with Gasteiger partial charge in [0.15, 0.2) is 5.96 Å². The van der Waals surface area contributed by atoms with E-state index >= 15 is 0 Å². The molecule has 0 atom stereocenters. The molecule has 164 valence electrons. The average Bonchev–Trinajstić information content (AvgIpc) is 3.25. The van der Waals surface area contributed by atoms with Crippen molar-refractivity contribution in [3.05, 3.63) is 53.4 Å². The van der Waals surface area contributed by atoms with E-state index in [1.165, 1.54) is 0 Å². The summed E-state index contributed by atoms with van der Waals surface area (Å²) in [4.78, 5) is 21.3. The lowest BCUT2D eigenvalue weighted by molar-refractivity contribution is 0.0956. The summed E-state index contributed by atoms with van der Waals surface area (Å²) >= 11 is 0. The molecular weight excluding hydrogens is 495 g/mol. The molecule has 8 nitrogen and oxygen atoms in total. The average molecular weight is 526 g/mol. The maximum absolute atomic E-state index is 11.9. The van der Waals surface area contributed by atoms with Gasteiger partial charge in [-0.25, -0.2) is 4.99 Å². The van der Waals surface area contributed by atoms with Gasteiger partial charge in [-0.2, -0.15) is 0 Å². The second kappa shape index (κ2) is 12.5. The molecule has 0 unspecified atom stereocenters. The molecule has 2 aromatic rings. The van der Waals surface area contributed by atoms with Crippen LogP contribution in [0.3, 0.4) is 0 Å². The van der Waals surface area contributed by atoms with Crippen LogP contribution in [0.2, 0.25) is 0 Å². The maximum atomic E-state index is 11.9. The van der Waals surface area contributed by atoms with Gasteiger partial charge in [0.1, 0.15) is 6.26 Å². The number of carbonyl (C=O) groups is 1. The third-order valence-electron chi connectivity index (χ3n) is 4.85. The molecule has 1 aromatic heterocycles. The van der Waals surface area contributed by atoms with Gasteiger partial charge in [0.05, 0.1) is 12.2 Å². The van der Waals surface area contributed by atoms with Crippen molar-refractivity contribution in [2.45, 2.75) is 26.9 Å². The zero-order chi connectivity index (χ0) is 20.5. The lowest BCUT2D eigenvalue weighted by Crippen LogP contribution is -2.52. The molecule has 0 aliphatic carbocycles. The van der Waals surface area contributed by atoms with Crippen LogP contribution in [-0.4, -0.2) is 66.1 Å². The Hall–Kier alpha value is -2.14. The van der Waals surface area contributed by atoms with Gasteiger partial charge in [-0.1, -0.05) is 17.3 Å². The molecular formula is C21H31IN6O2. The smallest absolute Gasteiger partial charge is 0.251 e. The molecule has 3 rings (SSSR count).